The summed E-state index contributed by atoms with van der Waals surface area (Å²) >= 11 is 0. The fourth-order valence-electron chi connectivity index (χ4n) is 1.19. The minimum atomic E-state index is -0.844. The van der Waals surface area contributed by atoms with E-state index in [1.807, 2.05) is 20.8 Å². The highest BCUT2D eigenvalue weighted by molar-refractivity contribution is 4.78. The molecule has 1 rings (SSSR count). The highest BCUT2D eigenvalue weighted by Crippen LogP contribution is 2.20. The molecule has 78 valence electrons. The maximum absolute atomic E-state index is 9.39. The van der Waals surface area contributed by atoms with E-state index in [0.29, 0.717) is 6.61 Å². The molecule has 0 unspecified atom stereocenters. The van der Waals surface area contributed by atoms with Crippen LogP contribution in [-0.4, -0.2) is 40.9 Å². The number of hydrogen-bond donors (Lipinski definition) is 2. The molecule has 1 aliphatic rings. The van der Waals surface area contributed by atoms with Gasteiger partial charge in [-0.1, -0.05) is 0 Å². The molecule has 0 bridgehead atoms. The summed E-state index contributed by atoms with van der Waals surface area (Å²) in [5.74, 6) is 0. The van der Waals surface area contributed by atoms with E-state index in [2.05, 4.69) is 0 Å². The smallest absolute Gasteiger partial charge is 0.157 e. The van der Waals surface area contributed by atoms with E-state index in [1.165, 1.54) is 0 Å². The van der Waals surface area contributed by atoms with Gasteiger partial charge in [-0.15, -0.1) is 0 Å². The molecule has 13 heavy (non-hydrogen) atoms. The Kier molecular flexibility index (Phi) is 3.29. The quantitative estimate of drug-likeness (QED) is 0.656. The van der Waals surface area contributed by atoms with E-state index in [0.717, 1.165) is 0 Å². The van der Waals surface area contributed by atoms with Crippen LogP contribution in [0.25, 0.3) is 0 Å². The van der Waals surface area contributed by atoms with Crippen LogP contribution < -0.4 is 0 Å². The third-order valence-electron chi connectivity index (χ3n) is 1.88. The molecule has 1 aliphatic heterocycles. The van der Waals surface area contributed by atoms with E-state index in [-0.39, 0.29) is 12.0 Å². The fourth-order valence-corrected chi connectivity index (χ4v) is 1.19. The van der Waals surface area contributed by atoms with Gasteiger partial charge in [0.2, 0.25) is 0 Å². The van der Waals surface area contributed by atoms with Crippen molar-refractivity contribution >= 4 is 0 Å². The van der Waals surface area contributed by atoms with Crippen molar-refractivity contribution in [3.05, 3.63) is 0 Å². The minimum Gasteiger partial charge on any atom is -0.390 e. The van der Waals surface area contributed by atoms with Gasteiger partial charge in [0.25, 0.3) is 0 Å². The Morgan fingerprint density at radius 1 is 1.38 bits per heavy atom. The summed E-state index contributed by atoms with van der Waals surface area (Å²) in [6, 6.07) is 0. The predicted octanol–water partition coefficient (Wildman–Crippen LogP) is 0.270. The van der Waals surface area contributed by atoms with Crippen LogP contribution in [0.5, 0.6) is 0 Å². The summed E-state index contributed by atoms with van der Waals surface area (Å²) in [7, 11) is 0. The molecule has 0 saturated carbocycles. The van der Waals surface area contributed by atoms with Crippen LogP contribution in [0.3, 0.4) is 0 Å². The lowest BCUT2D eigenvalue weighted by molar-refractivity contribution is -0.133. The second-order valence-electron chi connectivity index (χ2n) is 4.36. The molecule has 4 heteroatoms. The molecule has 0 amide bonds. The Morgan fingerprint density at radius 3 is 2.38 bits per heavy atom. The van der Waals surface area contributed by atoms with E-state index in [4.69, 9.17) is 14.6 Å². The van der Waals surface area contributed by atoms with Crippen LogP contribution in [0.2, 0.25) is 0 Å². The van der Waals surface area contributed by atoms with Crippen molar-refractivity contribution in [2.24, 2.45) is 0 Å². The molecule has 1 fully saturated rings. The number of aliphatic hydroxyl groups excluding tert-OH is 2. The van der Waals surface area contributed by atoms with Gasteiger partial charge >= 0.3 is 0 Å². The van der Waals surface area contributed by atoms with Gasteiger partial charge in [-0.2, -0.15) is 0 Å². The van der Waals surface area contributed by atoms with Crippen LogP contribution in [0.4, 0.5) is 0 Å². The molecular formula is C9H18O4. The summed E-state index contributed by atoms with van der Waals surface area (Å²) < 4.78 is 10.5. The van der Waals surface area contributed by atoms with Gasteiger partial charge in [0.05, 0.1) is 18.3 Å². The Bertz CT molecular complexity index is 163. The minimum absolute atomic E-state index is 0.239. The summed E-state index contributed by atoms with van der Waals surface area (Å²) in [6.45, 7) is 6.13. The molecule has 2 N–H and O–H groups in total. The zero-order chi connectivity index (χ0) is 10.1. The topological polar surface area (TPSA) is 58.9 Å². The third kappa shape index (κ3) is 3.60. The molecule has 3 atom stereocenters. The van der Waals surface area contributed by atoms with Gasteiger partial charge < -0.3 is 19.7 Å². The maximum atomic E-state index is 9.39. The molecule has 0 aromatic rings. The number of aliphatic hydroxyl groups is 2. The van der Waals surface area contributed by atoms with Gasteiger partial charge in [-0.25, -0.2) is 0 Å². The van der Waals surface area contributed by atoms with E-state index in [9.17, 15) is 5.11 Å². The van der Waals surface area contributed by atoms with Crippen molar-refractivity contribution in [1.29, 1.82) is 0 Å². The first kappa shape index (κ1) is 10.9. The van der Waals surface area contributed by atoms with Gasteiger partial charge in [0.1, 0.15) is 6.10 Å². The first-order valence-electron chi connectivity index (χ1n) is 4.54. The van der Waals surface area contributed by atoms with Gasteiger partial charge in [-0.05, 0) is 20.8 Å². The van der Waals surface area contributed by atoms with Crippen LogP contribution >= 0.6 is 0 Å². The molecule has 0 aliphatic carbocycles. The van der Waals surface area contributed by atoms with E-state index >= 15 is 0 Å². The Balaban J connectivity index is 2.30. The van der Waals surface area contributed by atoms with Crippen molar-refractivity contribution in [3.63, 3.8) is 0 Å². The van der Waals surface area contributed by atoms with Gasteiger partial charge in [0, 0.05) is 6.42 Å². The lowest BCUT2D eigenvalue weighted by Gasteiger charge is -2.23. The van der Waals surface area contributed by atoms with Crippen LogP contribution in [0.15, 0.2) is 0 Å². The molecule has 0 aromatic heterocycles. The largest absolute Gasteiger partial charge is 0.390 e. The number of rotatable bonds is 2. The van der Waals surface area contributed by atoms with Gasteiger partial charge in [-0.3, -0.25) is 0 Å². The van der Waals surface area contributed by atoms with Crippen molar-refractivity contribution in [2.45, 2.75) is 51.3 Å². The number of hydrogen-bond acceptors (Lipinski definition) is 4. The van der Waals surface area contributed by atoms with Crippen molar-refractivity contribution in [2.75, 3.05) is 6.61 Å². The fraction of sp³-hybridized carbons (Fsp3) is 1.00. The summed E-state index contributed by atoms with van der Waals surface area (Å²) in [6.07, 6.45) is -1.58. The molecular weight excluding hydrogens is 172 g/mol. The second-order valence-corrected chi connectivity index (χ2v) is 4.36. The van der Waals surface area contributed by atoms with Crippen LogP contribution in [-0.2, 0) is 9.47 Å². The Morgan fingerprint density at radius 2 is 2.00 bits per heavy atom. The monoisotopic (exact) mass is 190 g/mol. The maximum Gasteiger partial charge on any atom is 0.157 e. The summed E-state index contributed by atoms with van der Waals surface area (Å²) in [5, 5.41) is 18.5. The van der Waals surface area contributed by atoms with Crippen LogP contribution in [0.1, 0.15) is 27.2 Å². The summed E-state index contributed by atoms with van der Waals surface area (Å²) in [4.78, 5) is 0. The zero-order valence-corrected chi connectivity index (χ0v) is 8.36. The molecule has 0 spiro atoms. The zero-order valence-electron chi connectivity index (χ0n) is 8.36. The molecule has 4 nitrogen and oxygen atoms in total. The lowest BCUT2D eigenvalue weighted by atomic mass is 10.1. The predicted molar refractivity (Wildman–Crippen MR) is 47.2 cm³/mol. The molecule has 1 heterocycles. The normalized spacial score (nSPS) is 35.3. The average molecular weight is 190 g/mol. The molecule has 1 saturated heterocycles. The molecule has 0 aromatic carbocycles. The second kappa shape index (κ2) is 3.92. The first-order chi connectivity index (χ1) is 5.88. The SMILES string of the molecule is CC(C)(C)OC[C@H]1O[C@@H](O)C[C@@H]1O. The van der Waals surface area contributed by atoms with Crippen molar-refractivity contribution in [3.8, 4) is 0 Å². The van der Waals surface area contributed by atoms with Crippen molar-refractivity contribution in [1.82, 2.24) is 0 Å². The first-order valence-corrected chi connectivity index (χ1v) is 4.54. The van der Waals surface area contributed by atoms with Gasteiger partial charge in [0.15, 0.2) is 6.29 Å². The Hall–Kier alpha value is -0.160. The molecule has 0 radical (unpaired) electrons. The van der Waals surface area contributed by atoms with E-state index < -0.39 is 18.5 Å². The lowest BCUT2D eigenvalue weighted by Crippen LogP contribution is -2.31. The third-order valence-corrected chi connectivity index (χ3v) is 1.88. The van der Waals surface area contributed by atoms with E-state index in [1.54, 1.807) is 0 Å². The van der Waals surface area contributed by atoms with Crippen LogP contribution in [0, 0.1) is 0 Å². The number of ether oxygens (including phenoxy) is 2. The van der Waals surface area contributed by atoms with Crippen molar-refractivity contribution < 1.29 is 19.7 Å². The highest BCUT2D eigenvalue weighted by atomic mass is 16.6. The Labute approximate surface area is 78.5 Å². The average Bonchev–Trinajstić information content (AvgIpc) is 2.24. The highest BCUT2D eigenvalue weighted by Gasteiger charge is 2.33. The standard InChI is InChI=1S/C9H18O4/c1-9(2,3)12-5-7-6(10)4-8(11)13-7/h6-8,10-11H,4-5H2,1-3H3/t6-,7+,8+/m0/s1. The summed E-state index contributed by atoms with van der Waals surface area (Å²) in [5.41, 5.74) is -0.239.